The van der Waals surface area contributed by atoms with E-state index in [0.29, 0.717) is 26.9 Å². The van der Waals surface area contributed by atoms with Gasteiger partial charge in [0.25, 0.3) is 11.5 Å². The molecular weight excluding hydrogens is 578 g/mol. The molecule has 40 heavy (non-hydrogen) atoms. The van der Waals surface area contributed by atoms with Crippen LogP contribution >= 0.6 is 15.9 Å². The van der Waals surface area contributed by atoms with Crippen LogP contribution in [0.5, 0.6) is 5.75 Å². The molecule has 0 aliphatic heterocycles. The second-order valence-corrected chi connectivity index (χ2v) is 10.4. The normalized spacial score (nSPS) is 13.9. The largest absolute Gasteiger partial charge is 0.476 e. The number of carbonyl (C=O) groups is 1. The Kier molecular flexibility index (Phi) is 8.30. The molecule has 1 aliphatic carbocycles. The lowest BCUT2D eigenvalue weighted by Gasteiger charge is -2.22. The van der Waals surface area contributed by atoms with Crippen molar-refractivity contribution >= 4 is 50.3 Å². The summed E-state index contributed by atoms with van der Waals surface area (Å²) in [7, 11) is 0. The Labute approximate surface area is 238 Å². The number of aromatic nitrogens is 2. The van der Waals surface area contributed by atoms with Crippen molar-refractivity contribution in [1.29, 1.82) is 0 Å². The summed E-state index contributed by atoms with van der Waals surface area (Å²) in [5.74, 6) is 0.00771. The molecule has 1 aromatic heterocycles. The van der Waals surface area contributed by atoms with Gasteiger partial charge in [0.1, 0.15) is 5.82 Å². The van der Waals surface area contributed by atoms with E-state index < -0.39 is 17.4 Å². The minimum Gasteiger partial charge on any atom is -0.476 e. The van der Waals surface area contributed by atoms with Crippen LogP contribution in [-0.2, 0) is 4.79 Å². The molecule has 0 bridgehead atoms. The highest BCUT2D eigenvalue weighted by Crippen LogP contribution is 2.35. The monoisotopic (exact) mass is 603 g/mol. The minimum absolute atomic E-state index is 0.0671. The molecule has 3 aromatic carbocycles. The zero-order valence-electron chi connectivity index (χ0n) is 21.5. The van der Waals surface area contributed by atoms with E-state index in [1.54, 1.807) is 48.5 Å². The van der Waals surface area contributed by atoms with Crippen LogP contribution in [-0.4, -0.2) is 33.3 Å². The highest BCUT2D eigenvalue weighted by molar-refractivity contribution is 9.10. The fraction of sp³-hybridized carbons (Fsp3) is 0.241. The van der Waals surface area contributed by atoms with Gasteiger partial charge in [-0.1, -0.05) is 65.5 Å². The summed E-state index contributed by atoms with van der Waals surface area (Å²) in [4.78, 5) is 42.2. The third kappa shape index (κ3) is 6.09. The zero-order valence-corrected chi connectivity index (χ0v) is 23.0. The van der Waals surface area contributed by atoms with E-state index in [1.165, 1.54) is 17.0 Å². The van der Waals surface area contributed by atoms with Gasteiger partial charge in [0.15, 0.2) is 6.61 Å². The molecule has 0 atom stereocenters. The summed E-state index contributed by atoms with van der Waals surface area (Å²) in [6.07, 6.45) is 6.35. The van der Waals surface area contributed by atoms with E-state index in [-0.39, 0.29) is 28.5 Å². The Morgan fingerprint density at radius 2 is 1.85 bits per heavy atom. The van der Waals surface area contributed by atoms with Crippen LogP contribution in [0.2, 0.25) is 0 Å². The Morgan fingerprint density at radius 3 is 2.60 bits per heavy atom. The number of nitro groups is 1. The number of fused-ring (bicyclic) bond motifs is 1. The zero-order chi connectivity index (χ0) is 28.1. The molecule has 1 N–H and O–H groups in total. The molecule has 0 unspecified atom stereocenters. The number of anilines is 1. The van der Waals surface area contributed by atoms with E-state index >= 15 is 0 Å². The minimum atomic E-state index is -0.594. The van der Waals surface area contributed by atoms with Gasteiger partial charge in [-0.05, 0) is 43.2 Å². The van der Waals surface area contributed by atoms with Gasteiger partial charge in [-0.15, -0.1) is 0 Å². The van der Waals surface area contributed by atoms with E-state index in [0.717, 1.165) is 32.1 Å². The van der Waals surface area contributed by atoms with Crippen molar-refractivity contribution in [3.05, 3.63) is 103 Å². The van der Waals surface area contributed by atoms with Crippen LogP contribution in [0, 0.1) is 10.1 Å². The third-order valence-electron chi connectivity index (χ3n) is 6.73. The van der Waals surface area contributed by atoms with Crippen molar-refractivity contribution in [3.63, 3.8) is 0 Å². The van der Waals surface area contributed by atoms with Crippen LogP contribution in [0.25, 0.3) is 10.9 Å². The Bertz CT molecular complexity index is 1650. The lowest BCUT2D eigenvalue weighted by Crippen LogP contribution is -2.25. The molecule has 1 amide bonds. The Balaban J connectivity index is 1.53. The molecule has 0 spiro atoms. The summed E-state index contributed by atoms with van der Waals surface area (Å²) in [6.45, 7) is -0.469. The number of nitrogens with one attached hydrogen (secondary N) is 1. The van der Waals surface area contributed by atoms with E-state index in [9.17, 15) is 19.7 Å². The maximum atomic E-state index is 13.5. The van der Waals surface area contributed by atoms with Gasteiger partial charge in [-0.3, -0.25) is 19.7 Å². The second-order valence-electron chi connectivity index (χ2n) is 9.49. The van der Waals surface area contributed by atoms with Crippen molar-refractivity contribution in [2.45, 2.75) is 38.0 Å². The lowest BCUT2D eigenvalue weighted by atomic mass is 9.88. The maximum Gasteiger partial charge on any atom is 0.312 e. The van der Waals surface area contributed by atoms with Crippen molar-refractivity contribution in [2.75, 3.05) is 11.9 Å². The van der Waals surface area contributed by atoms with Crippen LogP contribution in [0.4, 0.5) is 11.4 Å². The molecule has 10 nitrogen and oxygen atoms in total. The van der Waals surface area contributed by atoms with Crippen LogP contribution in [0.15, 0.2) is 81.1 Å². The van der Waals surface area contributed by atoms with Gasteiger partial charge in [-0.25, -0.2) is 4.98 Å². The number of benzene rings is 3. The van der Waals surface area contributed by atoms with Gasteiger partial charge >= 0.3 is 5.69 Å². The summed E-state index contributed by atoms with van der Waals surface area (Å²) in [6, 6.07) is 18.8. The van der Waals surface area contributed by atoms with Crippen LogP contribution < -0.4 is 15.6 Å². The number of carbonyl (C=O) groups excluding carboxylic acids is 1. The van der Waals surface area contributed by atoms with Gasteiger partial charge in [0.05, 0.1) is 22.0 Å². The maximum absolute atomic E-state index is 13.5. The first-order valence-electron chi connectivity index (χ1n) is 12.9. The molecule has 204 valence electrons. The average Bonchev–Trinajstić information content (AvgIpc) is 2.96. The highest BCUT2D eigenvalue weighted by atomic mass is 79.9. The number of para-hydroxylation sites is 2. The van der Waals surface area contributed by atoms with Gasteiger partial charge in [0.2, 0.25) is 5.75 Å². The molecule has 1 saturated carbocycles. The first kappa shape index (κ1) is 27.2. The molecule has 1 aliphatic rings. The van der Waals surface area contributed by atoms with Gasteiger partial charge in [0, 0.05) is 27.7 Å². The molecule has 5 rings (SSSR count). The van der Waals surface area contributed by atoms with Crippen molar-refractivity contribution in [2.24, 2.45) is 5.10 Å². The second kappa shape index (κ2) is 12.2. The predicted octanol–water partition coefficient (Wildman–Crippen LogP) is 6.01. The van der Waals surface area contributed by atoms with Crippen molar-refractivity contribution in [3.8, 4) is 5.75 Å². The van der Waals surface area contributed by atoms with E-state index in [2.05, 4.69) is 26.3 Å². The molecule has 0 radical (unpaired) electrons. The molecule has 0 saturated heterocycles. The molecule has 4 aromatic rings. The number of nitro benzene ring substituents is 1. The Hall–Kier alpha value is -4.38. The molecular formula is C29H26BrN5O5. The standard InChI is InChI=1S/C29H26BrN5O5/c30-21-15-20(27(25(16-21)35(38)39)40-18-26(36)32-22-11-5-2-6-12-22)17-31-34-28(19-9-3-1-4-10-19)33-24-14-8-7-13-23(24)29(34)37/h2,5-8,11-17,19H,1,3-4,9-10,18H2,(H,32,36). The Morgan fingerprint density at radius 1 is 1.12 bits per heavy atom. The average molecular weight is 604 g/mol. The third-order valence-corrected chi connectivity index (χ3v) is 7.18. The lowest BCUT2D eigenvalue weighted by molar-refractivity contribution is -0.385. The molecule has 1 heterocycles. The SMILES string of the molecule is O=C(COc1c(C=Nn2c(C3CCCCC3)nc3ccccc3c2=O)cc(Br)cc1[N+](=O)[O-])Nc1ccccc1. The summed E-state index contributed by atoms with van der Waals surface area (Å²) < 4.78 is 7.39. The van der Waals surface area contributed by atoms with Crippen molar-refractivity contribution < 1.29 is 14.5 Å². The fourth-order valence-corrected chi connectivity index (χ4v) is 5.31. The molecule has 1 fully saturated rings. The number of hydrogen-bond donors (Lipinski definition) is 1. The van der Waals surface area contributed by atoms with Gasteiger partial charge < -0.3 is 10.1 Å². The van der Waals surface area contributed by atoms with E-state index in [1.807, 2.05) is 12.1 Å². The van der Waals surface area contributed by atoms with Gasteiger partial charge in [-0.2, -0.15) is 9.78 Å². The number of halogens is 1. The summed E-state index contributed by atoms with van der Waals surface area (Å²) in [5, 5.41) is 19.5. The number of amides is 1. The first-order valence-corrected chi connectivity index (χ1v) is 13.7. The fourth-order valence-electron chi connectivity index (χ4n) is 4.84. The number of ether oxygens (including phenoxy) is 1. The van der Waals surface area contributed by atoms with E-state index in [4.69, 9.17) is 9.72 Å². The number of nitrogens with zero attached hydrogens (tertiary/aromatic N) is 4. The smallest absolute Gasteiger partial charge is 0.312 e. The number of hydrogen-bond acceptors (Lipinski definition) is 7. The number of rotatable bonds is 8. The molecule has 11 heteroatoms. The highest BCUT2D eigenvalue weighted by Gasteiger charge is 2.24. The summed E-state index contributed by atoms with van der Waals surface area (Å²) >= 11 is 3.31. The van der Waals surface area contributed by atoms with Crippen LogP contribution in [0.3, 0.4) is 0 Å². The predicted molar refractivity (Wildman–Crippen MR) is 156 cm³/mol. The first-order chi connectivity index (χ1) is 19.4. The summed E-state index contributed by atoms with van der Waals surface area (Å²) in [5.41, 5.74) is 0.729. The topological polar surface area (TPSA) is 129 Å². The van der Waals surface area contributed by atoms with Crippen molar-refractivity contribution in [1.82, 2.24) is 9.66 Å². The quantitative estimate of drug-likeness (QED) is 0.149. The van der Waals surface area contributed by atoms with Crippen LogP contribution in [0.1, 0.15) is 49.4 Å².